The molecule has 148 valence electrons. The number of aromatic nitrogens is 3. The number of fused-ring (bicyclic) bond motifs is 2. The van der Waals surface area contributed by atoms with Gasteiger partial charge >= 0.3 is 0 Å². The molecule has 7 heteroatoms. The van der Waals surface area contributed by atoms with Crippen molar-refractivity contribution in [1.29, 1.82) is 0 Å². The quantitative estimate of drug-likeness (QED) is 0.583. The van der Waals surface area contributed by atoms with Gasteiger partial charge in [-0.3, -0.25) is 4.79 Å². The van der Waals surface area contributed by atoms with Gasteiger partial charge in [-0.15, -0.1) is 0 Å². The molecule has 1 atom stereocenters. The Bertz CT molecular complexity index is 1280. The fourth-order valence-corrected chi connectivity index (χ4v) is 4.14. The molecule has 5 rings (SSSR count). The van der Waals surface area contributed by atoms with Crippen molar-refractivity contribution in [1.82, 2.24) is 19.4 Å². The van der Waals surface area contributed by atoms with Gasteiger partial charge in [0.15, 0.2) is 0 Å². The minimum Gasteiger partial charge on any atom is -0.367 e. The van der Waals surface area contributed by atoms with Gasteiger partial charge in [0.25, 0.3) is 5.56 Å². The molecule has 1 aliphatic heterocycles. The van der Waals surface area contributed by atoms with Gasteiger partial charge in [-0.2, -0.15) is 0 Å². The molecule has 0 saturated carbocycles. The summed E-state index contributed by atoms with van der Waals surface area (Å²) in [6.07, 6.45) is 1.00. The van der Waals surface area contributed by atoms with Crippen LogP contribution in [0, 0.1) is 5.82 Å². The van der Waals surface area contributed by atoms with Crippen LogP contribution in [0.15, 0.2) is 53.3 Å². The lowest BCUT2D eigenvalue weighted by Gasteiger charge is -2.22. The van der Waals surface area contributed by atoms with E-state index >= 15 is 0 Å². The SMILES string of the molecule is CN(C)C1CCN(c2cc3nc(-n4c(=O)ccc5ccccc54)[nH]c3cc2F)C1. The monoisotopic (exact) mass is 391 g/mol. The Labute approximate surface area is 167 Å². The number of likely N-dealkylation sites (N-methyl/N-ethyl adjacent to an activating group) is 1. The lowest BCUT2D eigenvalue weighted by molar-refractivity contribution is 0.315. The number of pyridine rings is 1. The number of nitrogens with zero attached hydrogens (tertiary/aromatic N) is 4. The maximum Gasteiger partial charge on any atom is 0.257 e. The molecule has 6 nitrogen and oxygen atoms in total. The fraction of sp³-hybridized carbons (Fsp3) is 0.273. The normalized spacial score (nSPS) is 17.1. The molecule has 0 spiro atoms. The molecule has 1 N–H and O–H groups in total. The number of hydrogen-bond acceptors (Lipinski definition) is 4. The lowest BCUT2D eigenvalue weighted by atomic mass is 10.2. The van der Waals surface area contributed by atoms with Gasteiger partial charge < -0.3 is 14.8 Å². The molecule has 0 radical (unpaired) electrons. The van der Waals surface area contributed by atoms with E-state index in [4.69, 9.17) is 0 Å². The largest absolute Gasteiger partial charge is 0.367 e. The number of para-hydroxylation sites is 1. The highest BCUT2D eigenvalue weighted by Gasteiger charge is 2.26. The van der Waals surface area contributed by atoms with E-state index in [1.807, 2.05) is 24.3 Å². The molecule has 1 aliphatic rings. The van der Waals surface area contributed by atoms with Crippen LogP contribution >= 0.6 is 0 Å². The zero-order valence-corrected chi connectivity index (χ0v) is 16.4. The summed E-state index contributed by atoms with van der Waals surface area (Å²) >= 11 is 0. The smallest absolute Gasteiger partial charge is 0.257 e. The first-order valence-corrected chi connectivity index (χ1v) is 9.73. The maximum absolute atomic E-state index is 14.9. The molecule has 3 heterocycles. The van der Waals surface area contributed by atoms with Crippen LogP contribution in [0.4, 0.5) is 10.1 Å². The second-order valence-electron chi connectivity index (χ2n) is 7.80. The van der Waals surface area contributed by atoms with Crippen LogP contribution in [-0.2, 0) is 0 Å². The predicted molar refractivity (Wildman–Crippen MR) is 113 cm³/mol. The summed E-state index contributed by atoms with van der Waals surface area (Å²) in [5.41, 5.74) is 2.35. The molecule has 1 unspecified atom stereocenters. The third-order valence-corrected chi connectivity index (χ3v) is 5.79. The number of anilines is 1. The van der Waals surface area contributed by atoms with E-state index in [9.17, 15) is 9.18 Å². The van der Waals surface area contributed by atoms with Crippen molar-refractivity contribution in [3.63, 3.8) is 0 Å². The number of aromatic amines is 1. The van der Waals surface area contributed by atoms with Gasteiger partial charge in [-0.05, 0) is 44.1 Å². The number of hydrogen-bond donors (Lipinski definition) is 1. The Kier molecular flexibility index (Phi) is 4.13. The molecule has 2 aromatic heterocycles. The fourth-order valence-electron chi connectivity index (χ4n) is 4.14. The van der Waals surface area contributed by atoms with Crippen molar-refractivity contribution < 1.29 is 4.39 Å². The van der Waals surface area contributed by atoms with E-state index in [-0.39, 0.29) is 11.4 Å². The van der Waals surface area contributed by atoms with E-state index in [2.05, 4.69) is 33.9 Å². The average Bonchev–Trinajstić information content (AvgIpc) is 3.34. The number of imidazole rings is 1. The Morgan fingerprint density at radius 2 is 2.00 bits per heavy atom. The number of H-pyrrole nitrogens is 1. The summed E-state index contributed by atoms with van der Waals surface area (Å²) in [7, 11) is 4.10. The lowest BCUT2D eigenvalue weighted by Crippen LogP contribution is -2.31. The van der Waals surface area contributed by atoms with Gasteiger partial charge in [0.05, 0.1) is 22.2 Å². The Hall–Kier alpha value is -3.19. The van der Waals surface area contributed by atoms with Gasteiger partial charge in [-0.25, -0.2) is 13.9 Å². The van der Waals surface area contributed by atoms with Crippen LogP contribution in [0.25, 0.3) is 27.9 Å². The third-order valence-electron chi connectivity index (χ3n) is 5.79. The molecule has 0 aliphatic carbocycles. The summed E-state index contributed by atoms with van der Waals surface area (Å²) in [5.74, 6) is 0.114. The minimum atomic E-state index is -0.280. The number of rotatable bonds is 3. The van der Waals surface area contributed by atoms with Gasteiger partial charge in [0.1, 0.15) is 5.82 Å². The summed E-state index contributed by atoms with van der Waals surface area (Å²) < 4.78 is 16.4. The highest BCUT2D eigenvalue weighted by molar-refractivity contribution is 5.83. The Balaban J connectivity index is 1.61. The van der Waals surface area contributed by atoms with Crippen molar-refractivity contribution in [2.45, 2.75) is 12.5 Å². The summed E-state index contributed by atoms with van der Waals surface area (Å²) in [5, 5.41) is 0.936. The van der Waals surface area contributed by atoms with E-state index in [0.717, 1.165) is 30.4 Å². The predicted octanol–water partition coefficient (Wildman–Crippen LogP) is 3.15. The van der Waals surface area contributed by atoms with E-state index in [0.29, 0.717) is 28.7 Å². The van der Waals surface area contributed by atoms with Crippen LogP contribution in [0.3, 0.4) is 0 Å². The van der Waals surface area contributed by atoms with Crippen molar-refractivity contribution in [3.8, 4) is 5.95 Å². The van der Waals surface area contributed by atoms with Crippen molar-refractivity contribution in [2.75, 3.05) is 32.1 Å². The summed E-state index contributed by atoms with van der Waals surface area (Å²) in [6.45, 7) is 1.60. The van der Waals surface area contributed by atoms with E-state index < -0.39 is 0 Å². The molecule has 1 saturated heterocycles. The van der Waals surface area contributed by atoms with Gasteiger partial charge in [0.2, 0.25) is 5.95 Å². The Morgan fingerprint density at radius 1 is 1.17 bits per heavy atom. The first-order chi connectivity index (χ1) is 14.0. The first-order valence-electron chi connectivity index (χ1n) is 9.73. The average molecular weight is 391 g/mol. The van der Waals surface area contributed by atoms with Crippen molar-refractivity contribution in [3.05, 3.63) is 64.7 Å². The molecule has 2 aromatic carbocycles. The zero-order valence-electron chi connectivity index (χ0n) is 16.4. The molecule has 1 fully saturated rings. The molecule has 0 bridgehead atoms. The molecule has 4 aromatic rings. The second kappa shape index (κ2) is 6.70. The van der Waals surface area contributed by atoms with Crippen molar-refractivity contribution in [2.24, 2.45) is 0 Å². The van der Waals surface area contributed by atoms with E-state index in [1.165, 1.54) is 16.7 Å². The van der Waals surface area contributed by atoms with Crippen LogP contribution < -0.4 is 10.5 Å². The highest BCUT2D eigenvalue weighted by Crippen LogP contribution is 2.29. The number of halogens is 1. The first kappa shape index (κ1) is 17.9. The zero-order chi connectivity index (χ0) is 20.1. The Morgan fingerprint density at radius 3 is 2.79 bits per heavy atom. The number of benzene rings is 2. The molecule has 29 heavy (non-hydrogen) atoms. The van der Waals surface area contributed by atoms with Crippen molar-refractivity contribution >= 4 is 27.6 Å². The standard InChI is InChI=1S/C22H22FN5O/c1-26(2)15-9-10-27(13-15)20-12-18-17(11-16(20)23)24-22(25-18)28-19-6-4-3-5-14(19)7-8-21(28)29/h3-8,11-12,15H,9-10,13H2,1-2H3,(H,24,25). The summed E-state index contributed by atoms with van der Waals surface area (Å²) in [4.78, 5) is 24.6. The minimum absolute atomic E-state index is 0.184. The topological polar surface area (TPSA) is 57.2 Å². The second-order valence-corrected chi connectivity index (χ2v) is 7.80. The van der Waals surface area contributed by atoms with Crippen LogP contribution in [0.2, 0.25) is 0 Å². The molecule has 0 amide bonds. The maximum atomic E-state index is 14.9. The van der Waals surface area contributed by atoms with Crippen LogP contribution in [0.5, 0.6) is 0 Å². The van der Waals surface area contributed by atoms with Crippen LogP contribution in [0.1, 0.15) is 6.42 Å². The highest BCUT2D eigenvalue weighted by atomic mass is 19.1. The van der Waals surface area contributed by atoms with Gasteiger partial charge in [-0.1, -0.05) is 18.2 Å². The van der Waals surface area contributed by atoms with Gasteiger partial charge in [0, 0.05) is 31.3 Å². The molecular weight excluding hydrogens is 369 g/mol. The summed E-state index contributed by atoms with van der Waals surface area (Å²) in [6, 6.07) is 14.6. The van der Waals surface area contributed by atoms with E-state index in [1.54, 1.807) is 12.1 Å². The third kappa shape index (κ3) is 2.98. The number of nitrogens with one attached hydrogen (secondary N) is 1. The van der Waals surface area contributed by atoms with Crippen LogP contribution in [-0.4, -0.2) is 52.7 Å². The molecular formula is C22H22FN5O.